The van der Waals surface area contributed by atoms with Gasteiger partial charge < -0.3 is 75.6 Å². The lowest BCUT2D eigenvalue weighted by Gasteiger charge is -2.29. The maximum absolute atomic E-state index is 14.0. The molecule has 19 N–H and O–H groups in total. The summed E-state index contributed by atoms with van der Waals surface area (Å²) >= 11 is 2.62. The number of anilines is 1. The van der Waals surface area contributed by atoms with Crippen molar-refractivity contribution in [3.05, 3.63) is 56.8 Å². The highest BCUT2D eigenvalue weighted by molar-refractivity contribution is 7.14. The third kappa shape index (κ3) is 17.9. The van der Waals surface area contributed by atoms with Crippen molar-refractivity contribution in [1.82, 2.24) is 56.5 Å². The number of aliphatic hydroxyl groups excluding tert-OH is 3. The summed E-state index contributed by atoms with van der Waals surface area (Å²) in [6.07, 6.45) is 0.224. The summed E-state index contributed by atoms with van der Waals surface area (Å²) in [6, 6.07) is -4.04. The van der Waals surface area contributed by atoms with Crippen LogP contribution in [0.3, 0.4) is 0 Å². The summed E-state index contributed by atoms with van der Waals surface area (Å²) in [4.78, 5) is 115. The maximum Gasteiger partial charge on any atom is 0.271 e. The number of amides is 6. The van der Waals surface area contributed by atoms with Crippen LogP contribution in [-0.4, -0.2) is 150 Å². The molecule has 0 fully saturated rings. The third-order valence-electron chi connectivity index (χ3n) is 12.2. The van der Waals surface area contributed by atoms with Gasteiger partial charge >= 0.3 is 0 Å². The molecule has 0 bridgehead atoms. The second kappa shape index (κ2) is 29.5. The van der Waals surface area contributed by atoms with E-state index in [4.69, 9.17) is 28.7 Å². The van der Waals surface area contributed by atoms with Gasteiger partial charge in [-0.15, -0.1) is 22.7 Å². The summed E-state index contributed by atoms with van der Waals surface area (Å²) in [5, 5.41) is 51.9. The largest absolute Gasteiger partial charge is 0.393 e. The first kappa shape index (κ1) is 60.2. The van der Waals surface area contributed by atoms with E-state index in [-0.39, 0.29) is 66.0 Å². The minimum atomic E-state index is -1.78. The standard InChI is InChI=1S/C46H70N16O10S2/c1-22(32(64)17-27(25(4)63)42(69)55-15-10-34-58-31(20-73-34)46-59-30(19-74-46)43(70)54-14-7-13-52-12-6-5-11-47)37(66)24(3)57-45(72)36(38(67)29-18-53-21-56-29)61-44(71)35-23(2)39(50)62-41(60-35)26(16-33(49)65)8-9-28(48)40(51)68/h18-22,24-28,36-38,52,63,66-67H,5-17,47-48H2,1-4H3,(H2,49,65)(H2,51,68)(H,53,56)(H,54,70)(H,55,69)(H,57,72)(H,61,71)(H2,50,60,62)/t22-,24-,25-,26+,27+,28+,36+,37+,38+/m1/s1. The molecule has 4 aromatic rings. The molecule has 26 nitrogen and oxygen atoms in total. The van der Waals surface area contributed by atoms with Crippen LogP contribution in [0.1, 0.15) is 121 Å². The number of nitrogen functional groups attached to an aromatic ring is 1. The lowest BCUT2D eigenvalue weighted by Crippen LogP contribution is -2.55. The Bertz CT molecular complexity index is 2510. The van der Waals surface area contributed by atoms with Crippen LogP contribution in [0, 0.1) is 18.8 Å². The summed E-state index contributed by atoms with van der Waals surface area (Å²) in [6.45, 7) is 8.50. The quantitative estimate of drug-likeness (QED) is 0.0237. The number of aromatic nitrogens is 6. The Morgan fingerprint density at radius 1 is 0.811 bits per heavy atom. The van der Waals surface area contributed by atoms with Crippen LogP contribution in [-0.2, 0) is 30.4 Å². The van der Waals surface area contributed by atoms with Gasteiger partial charge in [0.1, 0.15) is 51.7 Å². The van der Waals surface area contributed by atoms with Gasteiger partial charge in [0.25, 0.3) is 11.8 Å². The van der Waals surface area contributed by atoms with E-state index in [0.717, 1.165) is 32.4 Å². The van der Waals surface area contributed by atoms with Crippen LogP contribution in [0.5, 0.6) is 0 Å². The van der Waals surface area contributed by atoms with Crippen molar-refractivity contribution in [1.29, 1.82) is 0 Å². The number of nitrogens with one attached hydrogen (secondary N) is 6. The lowest BCUT2D eigenvalue weighted by atomic mass is 9.87. The number of aromatic amines is 1. The van der Waals surface area contributed by atoms with E-state index < -0.39 is 95.9 Å². The van der Waals surface area contributed by atoms with Gasteiger partial charge in [-0.05, 0) is 72.5 Å². The number of hydrogen-bond acceptors (Lipinski definition) is 21. The smallest absolute Gasteiger partial charge is 0.271 e. The third-order valence-corrected chi connectivity index (χ3v) is 13.9. The molecule has 28 heteroatoms. The molecular weight excluding hydrogens is 1000 g/mol. The molecular formula is C46H70N16O10S2. The van der Waals surface area contributed by atoms with Gasteiger partial charge in [-0.1, -0.05) is 6.92 Å². The Kier molecular flexibility index (Phi) is 24.0. The molecule has 0 radical (unpaired) electrons. The molecule has 4 aromatic heterocycles. The van der Waals surface area contributed by atoms with Crippen LogP contribution in [0.4, 0.5) is 5.82 Å². The van der Waals surface area contributed by atoms with Crippen LogP contribution in [0.15, 0.2) is 23.3 Å². The van der Waals surface area contributed by atoms with Crippen molar-refractivity contribution in [2.75, 3.05) is 38.5 Å². The zero-order chi connectivity index (χ0) is 54.6. The zero-order valence-electron chi connectivity index (χ0n) is 41.8. The SMILES string of the molecule is Cc1c(N)nc([C@@H](CC[C@H](N)C(N)=O)CC(N)=O)nc1C(=O)N[C@H](C(=O)N[C@H](C)[C@@H](O)[C@H](C)C(=O)C[C@H](C(=O)NCCc1nc(-c2nc(C(=O)NCCCNCCCCN)cs2)cs1)[C@@H](C)O)[C@@H](O)c1cnc[nH]1. The van der Waals surface area contributed by atoms with Gasteiger partial charge in [0, 0.05) is 60.5 Å². The number of thiazole rings is 2. The van der Waals surface area contributed by atoms with Crippen LogP contribution in [0.2, 0.25) is 0 Å². The number of Topliss-reactive ketones (excluding diaryl/α,β-unsaturated/α-hetero) is 1. The first-order chi connectivity index (χ1) is 35.1. The van der Waals surface area contributed by atoms with E-state index in [2.05, 4.69) is 56.5 Å². The molecule has 0 aromatic carbocycles. The van der Waals surface area contributed by atoms with Crippen molar-refractivity contribution >= 4 is 69.7 Å². The van der Waals surface area contributed by atoms with Gasteiger partial charge in [0.05, 0.1) is 53.4 Å². The molecule has 74 heavy (non-hydrogen) atoms. The number of carbonyl (C=O) groups is 7. The van der Waals surface area contributed by atoms with E-state index in [1.165, 1.54) is 62.9 Å². The highest BCUT2D eigenvalue weighted by atomic mass is 32.1. The fraction of sp³-hybridized carbons (Fsp3) is 0.565. The summed E-state index contributed by atoms with van der Waals surface area (Å²) in [7, 11) is 0. The number of nitrogens with zero attached hydrogens (tertiary/aromatic N) is 5. The number of ketones is 1. The first-order valence-corrected chi connectivity index (χ1v) is 25.9. The summed E-state index contributed by atoms with van der Waals surface area (Å²) < 4.78 is 0. The number of unbranched alkanes of at least 4 members (excludes halogenated alkanes) is 1. The Morgan fingerprint density at radius 2 is 1.54 bits per heavy atom. The molecule has 0 aliphatic heterocycles. The molecule has 4 heterocycles. The molecule has 9 atom stereocenters. The minimum Gasteiger partial charge on any atom is -0.393 e. The number of primary amides is 2. The highest BCUT2D eigenvalue weighted by Crippen LogP contribution is 2.28. The zero-order valence-corrected chi connectivity index (χ0v) is 43.5. The van der Waals surface area contributed by atoms with E-state index in [0.29, 0.717) is 35.2 Å². The molecule has 0 saturated carbocycles. The number of nitrogens with two attached hydrogens (primary N) is 5. The second-order valence-corrected chi connectivity index (χ2v) is 19.8. The molecule has 6 amide bonds. The van der Waals surface area contributed by atoms with Gasteiger partial charge in [-0.2, -0.15) is 0 Å². The predicted octanol–water partition coefficient (Wildman–Crippen LogP) is -1.68. The van der Waals surface area contributed by atoms with Crippen LogP contribution < -0.4 is 55.3 Å². The first-order valence-electron chi connectivity index (χ1n) is 24.1. The van der Waals surface area contributed by atoms with Crippen molar-refractivity contribution in [3.63, 3.8) is 0 Å². The molecule has 0 aliphatic rings. The van der Waals surface area contributed by atoms with E-state index in [1.54, 1.807) is 10.8 Å². The average Bonchev–Trinajstić information content (AvgIpc) is 4.18. The number of carbonyl (C=O) groups excluding carboxylic acids is 7. The predicted molar refractivity (Wildman–Crippen MR) is 275 cm³/mol. The van der Waals surface area contributed by atoms with Crippen LogP contribution >= 0.6 is 22.7 Å². The minimum absolute atomic E-state index is 0.0175. The second-order valence-electron chi connectivity index (χ2n) is 18.0. The average molecular weight is 1070 g/mol. The van der Waals surface area contributed by atoms with Gasteiger partial charge in [-0.3, -0.25) is 33.6 Å². The number of H-pyrrole nitrogens is 1. The molecule has 0 spiro atoms. The number of imidazole rings is 1. The summed E-state index contributed by atoms with van der Waals surface area (Å²) in [5.41, 5.74) is 28.9. The molecule has 406 valence electrons. The fourth-order valence-electron chi connectivity index (χ4n) is 7.53. The monoisotopic (exact) mass is 1070 g/mol. The molecule has 0 aliphatic carbocycles. The van der Waals surface area contributed by atoms with Crippen LogP contribution in [0.25, 0.3) is 10.7 Å². The molecule has 0 saturated heterocycles. The fourth-order valence-corrected chi connectivity index (χ4v) is 9.14. The lowest BCUT2D eigenvalue weighted by molar-refractivity contribution is -0.136. The Balaban J connectivity index is 1.35. The van der Waals surface area contributed by atoms with Crippen molar-refractivity contribution in [3.8, 4) is 10.7 Å². The Labute approximate surface area is 435 Å². The van der Waals surface area contributed by atoms with Crippen molar-refractivity contribution in [2.45, 2.75) is 121 Å². The normalized spacial score (nSPS) is 15.1. The van der Waals surface area contributed by atoms with E-state index in [9.17, 15) is 48.9 Å². The van der Waals surface area contributed by atoms with Gasteiger partial charge in [0.15, 0.2) is 0 Å². The maximum atomic E-state index is 14.0. The Hall–Kier alpha value is -6.40. The topological polar surface area (TPSA) is 451 Å². The highest BCUT2D eigenvalue weighted by Gasteiger charge is 2.37. The van der Waals surface area contributed by atoms with E-state index in [1.807, 2.05) is 0 Å². The van der Waals surface area contributed by atoms with Crippen molar-refractivity contribution in [2.24, 2.45) is 34.8 Å². The number of aliphatic hydroxyl groups is 3. The number of rotatable bonds is 33. The van der Waals surface area contributed by atoms with Gasteiger partial charge in [-0.25, -0.2) is 24.9 Å². The van der Waals surface area contributed by atoms with Crippen molar-refractivity contribution < 1.29 is 48.9 Å². The molecule has 0 unspecified atom stereocenters. The van der Waals surface area contributed by atoms with E-state index >= 15 is 0 Å². The Morgan fingerprint density at radius 3 is 2.20 bits per heavy atom. The summed E-state index contributed by atoms with van der Waals surface area (Å²) in [5.74, 6) is -8.52. The number of hydrogen-bond donors (Lipinski definition) is 14. The van der Waals surface area contributed by atoms with Gasteiger partial charge in [0.2, 0.25) is 23.6 Å². The molecule has 4 rings (SSSR count).